The normalized spacial score (nSPS) is 10.2. The third-order valence-corrected chi connectivity index (χ3v) is 21.3. The standard InChI is InChI=1S/3C18H15N.3C13H12N2.9C2H6/c1-12-6-5-9-15-16-10-13-7-3-4-8-14(13)11-17(16)19(2)18(12)15;1-12-6-5-9-15-17-14-8-4-3-7-13(14)10-11-16(17)19(2)18(12)15;1-12-6-5-9-15-16-11-10-13-7-3-4-8-14(13)18(16)19(2)17(12)15;1-9-5-3-6-10-11-7-4-8-14-13(11)15(2)12(9)10;1-9-4-3-5-11-10-6-7-14-8-12(10)15(2)13(9)11;1-9-4-3-5-10-11-8-14-7-6-12(11)15(2)13(9)10;9*1-2/h3*3-11H,1-2H3;3*3-8H,1-2H3;9*1-2H3. The summed E-state index contributed by atoms with van der Waals surface area (Å²) >= 11 is 0. The van der Waals surface area contributed by atoms with Crippen molar-refractivity contribution in [3.8, 4) is 0 Å². The lowest BCUT2D eigenvalue weighted by Gasteiger charge is -2.04. The Morgan fingerprint density at radius 1 is 0.192 bits per heavy atom. The average molecular weight is 1600 g/mol. The van der Waals surface area contributed by atoms with Gasteiger partial charge in [0.25, 0.3) is 0 Å². The molecule has 0 aliphatic heterocycles. The molecule has 0 unspecified atom stereocenters. The first kappa shape index (κ1) is 94.8. The molecule has 0 radical (unpaired) electrons. The second-order valence-corrected chi connectivity index (χ2v) is 27.4. The van der Waals surface area contributed by atoms with Gasteiger partial charge in [0.2, 0.25) is 0 Å². The van der Waals surface area contributed by atoms with Crippen LogP contribution in [0.1, 0.15) is 158 Å². The Labute approximate surface area is 716 Å². The lowest BCUT2D eigenvalue weighted by molar-refractivity contribution is 0.984. The van der Waals surface area contributed by atoms with Gasteiger partial charge in [0.15, 0.2) is 0 Å². The Kier molecular flexibility index (Phi) is 36.0. The highest BCUT2D eigenvalue weighted by atomic mass is 15.0. The number of rotatable bonds is 0. The Morgan fingerprint density at radius 2 is 0.533 bits per heavy atom. The monoisotopic (exact) mass is 1590 g/mol. The molecule has 0 aliphatic rings. The highest BCUT2D eigenvalue weighted by Crippen LogP contribution is 2.39. The number of pyridine rings is 3. The maximum atomic E-state index is 4.42. The van der Waals surface area contributed by atoms with Gasteiger partial charge in [-0.15, -0.1) is 0 Å². The van der Waals surface area contributed by atoms with Crippen LogP contribution in [0.25, 0.3) is 163 Å². The van der Waals surface area contributed by atoms with Gasteiger partial charge in [0.05, 0.1) is 55.8 Å². The van der Waals surface area contributed by atoms with Gasteiger partial charge in [-0.3, -0.25) is 9.97 Å². The molecular weight excluding hydrogens is 1460 g/mol. The minimum atomic E-state index is 1.06. The summed E-state index contributed by atoms with van der Waals surface area (Å²) in [5.74, 6) is 0. The first-order valence-electron chi connectivity index (χ1n) is 44.1. The quantitative estimate of drug-likeness (QED) is 0.152. The van der Waals surface area contributed by atoms with Crippen molar-refractivity contribution >= 4 is 163 Å². The average Bonchev–Trinajstić information content (AvgIpc) is 1.59. The maximum absolute atomic E-state index is 4.42. The maximum Gasteiger partial charge on any atom is 0.140 e. The second kappa shape index (κ2) is 45.6. The topological polar surface area (TPSA) is 68.2 Å². The van der Waals surface area contributed by atoms with Crippen molar-refractivity contribution in [2.24, 2.45) is 42.3 Å². The van der Waals surface area contributed by atoms with Crippen molar-refractivity contribution in [3.63, 3.8) is 0 Å². The van der Waals surface area contributed by atoms with Crippen LogP contribution in [0.4, 0.5) is 0 Å². The zero-order chi connectivity index (χ0) is 88.2. The Hall–Kier alpha value is -12.3. The van der Waals surface area contributed by atoms with Crippen molar-refractivity contribution in [2.45, 2.75) is 166 Å². The second-order valence-electron chi connectivity index (χ2n) is 27.4. The van der Waals surface area contributed by atoms with Crippen LogP contribution in [0.3, 0.4) is 0 Å². The number of benzene rings is 12. The summed E-state index contributed by atoms with van der Waals surface area (Å²) in [6.45, 7) is 49.0. The number of aromatic nitrogens is 9. The van der Waals surface area contributed by atoms with Crippen LogP contribution < -0.4 is 0 Å². The number of aryl methyl sites for hydroxylation is 12. The molecule has 12 aromatic carbocycles. The first-order valence-corrected chi connectivity index (χ1v) is 44.1. The van der Waals surface area contributed by atoms with E-state index in [4.69, 9.17) is 0 Å². The summed E-state index contributed by atoms with van der Waals surface area (Å²) in [6.07, 6.45) is 9.41. The highest BCUT2D eigenvalue weighted by Gasteiger charge is 2.17. The molecule has 624 valence electrons. The predicted molar refractivity (Wildman–Crippen MR) is 539 cm³/mol. The van der Waals surface area contributed by atoms with Gasteiger partial charge in [-0.25, -0.2) is 4.98 Å². The van der Waals surface area contributed by atoms with Crippen molar-refractivity contribution in [2.75, 3.05) is 0 Å². The SMILES string of the molecule is CC.CC.CC.CC.CC.CC.CC.CC.CC.Cc1cccc2c3c4ccccc4ccc3n(C)c12.Cc1cccc2c3cc4ccccc4cc3n(C)c12.Cc1cccc2c3ccc4ccccc4c3n(C)c12.Cc1cccc2c3cccnc3n(C)c12.Cc1cccc2c3ccncc3n(C)c12.Cc1cccc2c3cnccc3n(C)c12. The molecule has 0 atom stereocenters. The highest BCUT2D eigenvalue weighted by molar-refractivity contribution is 6.22. The van der Waals surface area contributed by atoms with Crippen molar-refractivity contribution in [1.82, 2.24) is 42.4 Å². The summed E-state index contributed by atoms with van der Waals surface area (Å²) < 4.78 is 13.6. The van der Waals surface area contributed by atoms with Crippen LogP contribution in [0.15, 0.2) is 274 Å². The van der Waals surface area contributed by atoms with Crippen LogP contribution in [0.2, 0.25) is 0 Å². The zero-order valence-corrected chi connectivity index (χ0v) is 78.0. The first-order chi connectivity index (χ1) is 58.7. The van der Waals surface area contributed by atoms with Gasteiger partial charge in [0.1, 0.15) is 5.65 Å². The zero-order valence-electron chi connectivity index (χ0n) is 78.0. The summed E-state index contributed by atoms with van der Waals surface area (Å²) in [5.41, 5.74) is 23.3. The molecule has 0 saturated heterocycles. The van der Waals surface area contributed by atoms with E-state index in [2.05, 4.69) is 363 Å². The fourth-order valence-corrected chi connectivity index (χ4v) is 16.6. The smallest absolute Gasteiger partial charge is 0.140 e. The number of hydrogen-bond acceptors (Lipinski definition) is 3. The van der Waals surface area contributed by atoms with E-state index in [9.17, 15) is 0 Å². The van der Waals surface area contributed by atoms with Crippen LogP contribution in [-0.2, 0) is 42.3 Å². The van der Waals surface area contributed by atoms with E-state index in [1.54, 1.807) is 0 Å². The molecule has 0 aliphatic carbocycles. The van der Waals surface area contributed by atoms with Gasteiger partial charge >= 0.3 is 0 Å². The molecule has 9 heterocycles. The molecule has 21 aromatic rings. The van der Waals surface area contributed by atoms with Crippen molar-refractivity contribution in [1.29, 1.82) is 0 Å². The Balaban J connectivity index is 0.000000191. The van der Waals surface area contributed by atoms with Crippen molar-refractivity contribution < 1.29 is 0 Å². The third kappa shape index (κ3) is 18.9. The van der Waals surface area contributed by atoms with E-state index in [0.717, 1.165) is 5.65 Å². The van der Waals surface area contributed by atoms with E-state index < -0.39 is 0 Å². The van der Waals surface area contributed by atoms with Crippen molar-refractivity contribution in [3.05, 3.63) is 307 Å². The Morgan fingerprint density at radius 3 is 1.06 bits per heavy atom. The van der Waals surface area contributed by atoms with Gasteiger partial charge < -0.3 is 27.4 Å². The van der Waals surface area contributed by atoms with E-state index in [1.807, 2.05) is 162 Å². The van der Waals surface area contributed by atoms with Gasteiger partial charge in [0, 0.05) is 148 Å². The molecule has 0 spiro atoms. The molecule has 9 aromatic heterocycles. The van der Waals surface area contributed by atoms with Gasteiger partial charge in [-0.2, -0.15) is 0 Å². The lowest BCUT2D eigenvalue weighted by atomic mass is 10.0. The minimum Gasteiger partial charge on any atom is -0.343 e. The van der Waals surface area contributed by atoms with Crippen LogP contribution in [0.5, 0.6) is 0 Å². The lowest BCUT2D eigenvalue weighted by Crippen LogP contribution is -1.90. The molecule has 0 bridgehead atoms. The van der Waals surface area contributed by atoms with Gasteiger partial charge in [-0.05, 0) is 144 Å². The van der Waals surface area contributed by atoms with E-state index >= 15 is 0 Å². The number of nitrogens with zero attached hydrogens (tertiary/aromatic N) is 9. The van der Waals surface area contributed by atoms with E-state index in [0.29, 0.717) is 0 Å². The molecule has 9 heteroatoms. The molecular formula is C111H135N9. The van der Waals surface area contributed by atoms with E-state index in [-0.39, 0.29) is 0 Å². The Bertz CT molecular complexity index is 6540. The number of hydrogen-bond donors (Lipinski definition) is 0. The van der Waals surface area contributed by atoms with Crippen LogP contribution in [0, 0.1) is 41.5 Å². The van der Waals surface area contributed by atoms with Crippen LogP contribution in [-0.4, -0.2) is 42.4 Å². The fourth-order valence-electron chi connectivity index (χ4n) is 16.6. The van der Waals surface area contributed by atoms with E-state index in [1.165, 1.54) is 191 Å². The minimum absolute atomic E-state index is 1.06. The summed E-state index contributed by atoms with van der Waals surface area (Å²) in [6, 6.07) is 86.5. The molecule has 0 saturated carbocycles. The largest absolute Gasteiger partial charge is 0.343 e. The van der Waals surface area contributed by atoms with Gasteiger partial charge in [-0.1, -0.05) is 325 Å². The molecule has 0 N–H and O–H groups in total. The summed E-state index contributed by atoms with van der Waals surface area (Å²) in [5, 5.41) is 23.7. The summed E-state index contributed by atoms with van der Waals surface area (Å²) in [4.78, 5) is 12.8. The summed E-state index contributed by atoms with van der Waals surface area (Å²) in [7, 11) is 12.8. The third-order valence-electron chi connectivity index (χ3n) is 21.3. The predicted octanol–water partition coefficient (Wildman–Crippen LogP) is 32.7. The fraction of sp³-hybridized carbons (Fsp3) is 0.270. The number of fused-ring (bicyclic) bond motifs is 23. The number of para-hydroxylation sites is 6. The molecule has 0 amide bonds. The molecule has 120 heavy (non-hydrogen) atoms. The molecule has 0 fully saturated rings. The molecule has 21 rings (SSSR count). The molecule has 9 nitrogen and oxygen atoms in total. The van der Waals surface area contributed by atoms with Crippen LogP contribution >= 0.6 is 0 Å².